The van der Waals surface area contributed by atoms with Crippen LogP contribution in [-0.2, 0) is 11.8 Å². The third-order valence-electron chi connectivity index (χ3n) is 4.17. The van der Waals surface area contributed by atoms with Crippen LogP contribution in [0.3, 0.4) is 0 Å². The highest BCUT2D eigenvalue weighted by atomic mass is 16.5. The maximum absolute atomic E-state index is 12.7. The lowest BCUT2D eigenvalue weighted by Gasteiger charge is -2.17. The fourth-order valence-electron chi connectivity index (χ4n) is 2.60. The van der Waals surface area contributed by atoms with E-state index >= 15 is 0 Å². The van der Waals surface area contributed by atoms with E-state index in [0.29, 0.717) is 5.56 Å². The Hall–Kier alpha value is -3.23. The maximum Gasteiger partial charge on any atom is 0.255 e. The summed E-state index contributed by atoms with van der Waals surface area (Å²) in [5.74, 6) is -0.242. The lowest BCUT2D eigenvalue weighted by molar-refractivity contribution is -0.120. The number of ether oxygens (including phenoxy) is 3. The number of benzene rings is 1. The molecule has 1 atom stereocenters. The van der Waals surface area contributed by atoms with Crippen LogP contribution in [0.15, 0.2) is 18.3 Å². The number of nitrogens with two attached hydrogens (primary N) is 1. The topological polar surface area (TPSA) is 118 Å². The van der Waals surface area contributed by atoms with Crippen LogP contribution in [0.4, 0.5) is 0 Å². The molecule has 2 aromatic rings. The highest BCUT2D eigenvalue weighted by Crippen LogP contribution is 2.38. The zero-order valence-electron chi connectivity index (χ0n) is 16.0. The molecular weight excluding hydrogens is 352 g/mol. The van der Waals surface area contributed by atoms with Gasteiger partial charge in [0.05, 0.1) is 26.5 Å². The van der Waals surface area contributed by atoms with Gasteiger partial charge in [-0.1, -0.05) is 0 Å². The predicted molar refractivity (Wildman–Crippen MR) is 98.1 cm³/mol. The van der Waals surface area contributed by atoms with Gasteiger partial charge in [0.25, 0.3) is 11.8 Å². The van der Waals surface area contributed by atoms with Crippen molar-refractivity contribution in [1.82, 2.24) is 15.1 Å². The second-order valence-corrected chi connectivity index (χ2v) is 5.97. The molecule has 146 valence electrons. The molecule has 0 fully saturated rings. The van der Waals surface area contributed by atoms with E-state index in [0.717, 1.165) is 11.3 Å². The molecule has 1 unspecified atom stereocenters. The van der Waals surface area contributed by atoms with Crippen LogP contribution in [0.2, 0.25) is 0 Å². The second kappa shape index (κ2) is 8.43. The molecule has 3 N–H and O–H groups in total. The van der Waals surface area contributed by atoms with E-state index in [1.54, 1.807) is 10.9 Å². The Morgan fingerprint density at radius 2 is 1.85 bits per heavy atom. The Morgan fingerprint density at radius 3 is 2.30 bits per heavy atom. The van der Waals surface area contributed by atoms with Crippen molar-refractivity contribution < 1.29 is 23.8 Å². The molecular formula is C18H24N4O5. The summed E-state index contributed by atoms with van der Waals surface area (Å²) in [6.07, 6.45) is 1.72. The Balaban J connectivity index is 2.27. The quantitative estimate of drug-likeness (QED) is 0.712. The first-order chi connectivity index (χ1) is 12.8. The Morgan fingerprint density at radius 1 is 1.26 bits per heavy atom. The van der Waals surface area contributed by atoms with Crippen LogP contribution in [0.1, 0.15) is 34.6 Å². The third-order valence-corrected chi connectivity index (χ3v) is 4.17. The van der Waals surface area contributed by atoms with Gasteiger partial charge >= 0.3 is 0 Å². The SMILES string of the molecule is COc1cc(C(=O)NC(C)c2cnn(C)c2C)cc(OC)c1OCC(N)=O. The predicted octanol–water partition coefficient (Wildman–Crippen LogP) is 1.10. The van der Waals surface area contributed by atoms with Gasteiger partial charge < -0.3 is 25.3 Å². The van der Waals surface area contributed by atoms with Crippen LogP contribution < -0.4 is 25.3 Å². The molecule has 0 saturated heterocycles. The highest BCUT2D eigenvalue weighted by molar-refractivity contribution is 5.96. The molecule has 0 spiro atoms. The van der Waals surface area contributed by atoms with Gasteiger partial charge in [0.1, 0.15) is 0 Å². The minimum Gasteiger partial charge on any atom is -0.493 e. The molecule has 27 heavy (non-hydrogen) atoms. The number of nitrogens with zero attached hydrogens (tertiary/aromatic N) is 2. The van der Waals surface area contributed by atoms with Crippen molar-refractivity contribution in [3.63, 3.8) is 0 Å². The number of primary amides is 1. The van der Waals surface area contributed by atoms with Crippen LogP contribution >= 0.6 is 0 Å². The van der Waals surface area contributed by atoms with Gasteiger partial charge in [0.15, 0.2) is 18.1 Å². The van der Waals surface area contributed by atoms with E-state index in [9.17, 15) is 9.59 Å². The summed E-state index contributed by atoms with van der Waals surface area (Å²) in [6, 6.07) is 2.78. The Labute approximate surface area is 157 Å². The van der Waals surface area contributed by atoms with Crippen LogP contribution in [0, 0.1) is 6.92 Å². The molecule has 0 bridgehead atoms. The third kappa shape index (κ3) is 4.49. The number of methoxy groups -OCH3 is 2. The van der Waals surface area contributed by atoms with Crippen molar-refractivity contribution in [1.29, 1.82) is 0 Å². The van der Waals surface area contributed by atoms with E-state index in [4.69, 9.17) is 19.9 Å². The number of hydrogen-bond donors (Lipinski definition) is 2. The van der Waals surface area contributed by atoms with E-state index in [1.165, 1.54) is 26.4 Å². The lowest BCUT2D eigenvalue weighted by Crippen LogP contribution is -2.27. The van der Waals surface area contributed by atoms with E-state index in [1.807, 2.05) is 20.9 Å². The van der Waals surface area contributed by atoms with Crippen molar-refractivity contribution in [2.45, 2.75) is 19.9 Å². The fourth-order valence-corrected chi connectivity index (χ4v) is 2.60. The maximum atomic E-state index is 12.7. The number of carbonyl (C=O) groups is 2. The van der Waals surface area contributed by atoms with Crippen LogP contribution in [0.25, 0.3) is 0 Å². The summed E-state index contributed by atoms with van der Waals surface area (Å²) in [7, 11) is 4.69. The molecule has 2 rings (SSSR count). The van der Waals surface area contributed by atoms with Gasteiger partial charge in [-0.05, 0) is 26.0 Å². The summed E-state index contributed by atoms with van der Waals surface area (Å²) in [4.78, 5) is 23.7. The molecule has 1 aromatic carbocycles. The number of amides is 2. The fraction of sp³-hybridized carbons (Fsp3) is 0.389. The zero-order chi connectivity index (χ0) is 20.1. The van der Waals surface area contributed by atoms with Crippen LogP contribution in [0.5, 0.6) is 17.2 Å². The first-order valence-electron chi connectivity index (χ1n) is 8.25. The Bertz CT molecular complexity index is 821. The molecule has 0 aliphatic carbocycles. The van der Waals surface area contributed by atoms with Crippen molar-refractivity contribution in [2.75, 3.05) is 20.8 Å². The average molecular weight is 376 g/mol. The van der Waals surface area contributed by atoms with Crippen molar-refractivity contribution in [3.8, 4) is 17.2 Å². The number of hydrogen-bond acceptors (Lipinski definition) is 6. The molecule has 0 radical (unpaired) electrons. The van der Waals surface area contributed by atoms with Crippen molar-refractivity contribution in [2.24, 2.45) is 12.8 Å². The van der Waals surface area contributed by atoms with Gasteiger partial charge in [-0.25, -0.2) is 0 Å². The summed E-state index contributed by atoms with van der Waals surface area (Å²) in [6.45, 7) is 3.47. The van der Waals surface area contributed by atoms with Gasteiger partial charge in [-0.15, -0.1) is 0 Å². The summed E-state index contributed by atoms with van der Waals surface area (Å²) in [5, 5.41) is 7.11. The van der Waals surface area contributed by atoms with Crippen molar-refractivity contribution in [3.05, 3.63) is 35.2 Å². The minimum atomic E-state index is -0.637. The normalized spacial score (nSPS) is 11.6. The molecule has 9 heteroatoms. The summed E-state index contributed by atoms with van der Waals surface area (Å²) < 4.78 is 17.6. The summed E-state index contributed by atoms with van der Waals surface area (Å²) in [5.41, 5.74) is 7.32. The second-order valence-electron chi connectivity index (χ2n) is 5.97. The number of aryl methyl sites for hydroxylation is 1. The first kappa shape index (κ1) is 20.1. The number of carbonyl (C=O) groups excluding carboxylic acids is 2. The molecule has 0 saturated carbocycles. The monoisotopic (exact) mass is 376 g/mol. The largest absolute Gasteiger partial charge is 0.493 e. The molecule has 9 nitrogen and oxygen atoms in total. The number of rotatable bonds is 8. The molecule has 1 heterocycles. The number of aromatic nitrogens is 2. The molecule has 2 amide bonds. The molecule has 0 aliphatic rings. The van der Waals surface area contributed by atoms with Gasteiger partial charge in [-0.3, -0.25) is 14.3 Å². The number of nitrogens with one attached hydrogen (secondary N) is 1. The summed E-state index contributed by atoms with van der Waals surface area (Å²) >= 11 is 0. The van der Waals surface area contributed by atoms with Gasteiger partial charge in [0.2, 0.25) is 5.75 Å². The molecule has 1 aromatic heterocycles. The highest BCUT2D eigenvalue weighted by Gasteiger charge is 2.20. The van der Waals surface area contributed by atoms with E-state index in [-0.39, 0.29) is 35.8 Å². The first-order valence-corrected chi connectivity index (χ1v) is 8.25. The Kier molecular flexibility index (Phi) is 6.27. The van der Waals surface area contributed by atoms with Crippen LogP contribution in [-0.4, -0.2) is 42.4 Å². The van der Waals surface area contributed by atoms with E-state index < -0.39 is 5.91 Å². The average Bonchev–Trinajstić information content (AvgIpc) is 2.97. The van der Waals surface area contributed by atoms with Gasteiger partial charge in [-0.2, -0.15) is 5.10 Å². The smallest absolute Gasteiger partial charge is 0.255 e. The zero-order valence-corrected chi connectivity index (χ0v) is 16.0. The van der Waals surface area contributed by atoms with Gasteiger partial charge in [0, 0.05) is 23.9 Å². The van der Waals surface area contributed by atoms with E-state index in [2.05, 4.69) is 10.4 Å². The lowest BCUT2D eigenvalue weighted by atomic mass is 10.1. The standard InChI is InChI=1S/C18H24N4O5/c1-10(13-8-20-22(3)11(13)2)21-18(24)12-6-14(25-4)17(15(7-12)26-5)27-9-16(19)23/h6-8,10H,9H2,1-5H3,(H2,19,23)(H,21,24). The molecule has 0 aliphatic heterocycles. The minimum absolute atomic E-state index is 0.200. The van der Waals surface area contributed by atoms with Crippen molar-refractivity contribution >= 4 is 11.8 Å².